The van der Waals surface area contributed by atoms with Gasteiger partial charge >= 0.3 is 0 Å². The third kappa shape index (κ3) is 2.22. The number of piperidine rings is 1. The molecule has 1 aromatic rings. The maximum absolute atomic E-state index is 12.4. The summed E-state index contributed by atoms with van der Waals surface area (Å²) < 4.78 is 0. The van der Waals surface area contributed by atoms with Gasteiger partial charge in [-0.3, -0.25) is 4.79 Å². The highest BCUT2D eigenvalue weighted by Crippen LogP contribution is 2.37. The first-order valence-electron chi connectivity index (χ1n) is 8.02. The Bertz CT molecular complexity index is 703. The van der Waals surface area contributed by atoms with E-state index < -0.39 is 0 Å². The second-order valence-electron chi connectivity index (χ2n) is 6.39. The number of H-pyrrole nitrogens is 1. The summed E-state index contributed by atoms with van der Waals surface area (Å²) in [5.41, 5.74) is 2.39. The SMILES string of the molecule is C=CC1=c2c(c[nH]c2=C)CC2C1CC(CO)CN2C(=O)CC. The van der Waals surface area contributed by atoms with Crippen molar-refractivity contribution in [3.63, 3.8) is 0 Å². The number of aliphatic hydroxyl groups is 1. The van der Waals surface area contributed by atoms with Crippen molar-refractivity contribution in [2.24, 2.45) is 11.8 Å². The van der Waals surface area contributed by atoms with Gasteiger partial charge in [0.05, 0.1) is 0 Å². The van der Waals surface area contributed by atoms with Crippen LogP contribution in [0.1, 0.15) is 25.3 Å². The summed E-state index contributed by atoms with van der Waals surface area (Å²) in [6.07, 6.45) is 6.18. The first-order valence-corrected chi connectivity index (χ1v) is 8.02. The number of hydrogen-bond donors (Lipinski definition) is 2. The number of nitrogens with one attached hydrogen (secondary N) is 1. The van der Waals surface area contributed by atoms with Crippen LogP contribution in [0.2, 0.25) is 0 Å². The van der Waals surface area contributed by atoms with Gasteiger partial charge in [0.2, 0.25) is 5.91 Å². The molecule has 2 heterocycles. The Morgan fingerprint density at radius 2 is 2.36 bits per heavy atom. The maximum atomic E-state index is 12.4. The van der Waals surface area contributed by atoms with Gasteiger partial charge in [0, 0.05) is 54.2 Å². The molecule has 2 N–H and O–H groups in total. The fraction of sp³-hybridized carbons (Fsp3) is 0.500. The molecule has 1 aromatic heterocycles. The van der Waals surface area contributed by atoms with E-state index in [4.69, 9.17) is 0 Å². The van der Waals surface area contributed by atoms with Gasteiger partial charge in [-0.25, -0.2) is 0 Å². The Kier molecular flexibility index (Phi) is 3.96. The van der Waals surface area contributed by atoms with Crippen LogP contribution in [0.15, 0.2) is 18.9 Å². The number of fused-ring (bicyclic) bond motifs is 2. The van der Waals surface area contributed by atoms with Crippen molar-refractivity contribution in [3.05, 3.63) is 35.0 Å². The average molecular weight is 300 g/mol. The van der Waals surface area contributed by atoms with Crippen LogP contribution in [0, 0.1) is 11.8 Å². The van der Waals surface area contributed by atoms with E-state index in [2.05, 4.69) is 18.1 Å². The number of carbonyl (C=O) groups excluding carboxylic acids is 1. The number of rotatable bonds is 3. The van der Waals surface area contributed by atoms with Gasteiger partial charge in [0.25, 0.3) is 0 Å². The van der Waals surface area contributed by atoms with E-state index in [1.165, 1.54) is 16.4 Å². The normalized spacial score (nSPS) is 27.3. The van der Waals surface area contributed by atoms with E-state index in [-0.39, 0.29) is 30.4 Å². The molecule has 0 bridgehead atoms. The lowest BCUT2D eigenvalue weighted by molar-refractivity contribution is -0.137. The van der Waals surface area contributed by atoms with Crippen molar-refractivity contribution in [1.82, 2.24) is 9.88 Å². The molecule has 2 aliphatic rings. The predicted octanol–water partition coefficient (Wildman–Crippen LogP) is 0.553. The van der Waals surface area contributed by atoms with Gasteiger partial charge in [-0.05, 0) is 24.0 Å². The van der Waals surface area contributed by atoms with Gasteiger partial charge in [-0.15, -0.1) is 0 Å². The number of amides is 1. The number of aromatic amines is 1. The molecule has 1 fully saturated rings. The fourth-order valence-electron chi connectivity index (χ4n) is 4.13. The van der Waals surface area contributed by atoms with Gasteiger partial charge < -0.3 is 15.0 Å². The molecule has 1 amide bonds. The minimum absolute atomic E-state index is 0.123. The lowest BCUT2D eigenvalue weighted by Crippen LogP contribution is -2.56. The zero-order chi connectivity index (χ0) is 15.9. The average Bonchev–Trinajstić information content (AvgIpc) is 2.92. The maximum Gasteiger partial charge on any atom is 0.222 e. The van der Waals surface area contributed by atoms with Crippen molar-refractivity contribution in [3.8, 4) is 0 Å². The van der Waals surface area contributed by atoms with Crippen molar-refractivity contribution in [2.45, 2.75) is 32.2 Å². The van der Waals surface area contributed by atoms with Crippen LogP contribution < -0.4 is 10.6 Å². The van der Waals surface area contributed by atoms with E-state index in [1.807, 2.05) is 24.1 Å². The van der Waals surface area contributed by atoms with Gasteiger partial charge in [0.1, 0.15) is 0 Å². The van der Waals surface area contributed by atoms with Crippen molar-refractivity contribution < 1.29 is 9.90 Å². The van der Waals surface area contributed by atoms with E-state index in [9.17, 15) is 9.90 Å². The summed E-state index contributed by atoms with van der Waals surface area (Å²) in [5, 5.41) is 11.7. The van der Waals surface area contributed by atoms with E-state index >= 15 is 0 Å². The molecule has 3 rings (SSSR count). The molecule has 0 spiro atoms. The number of allylic oxidation sites excluding steroid dienone is 1. The summed E-state index contributed by atoms with van der Waals surface area (Å²) in [6, 6.07) is 0.172. The Hall–Kier alpha value is -1.81. The van der Waals surface area contributed by atoms with Gasteiger partial charge in [-0.2, -0.15) is 0 Å². The molecule has 4 heteroatoms. The molecular weight excluding hydrogens is 276 g/mol. The van der Waals surface area contributed by atoms with E-state index in [0.717, 1.165) is 18.2 Å². The third-order valence-corrected chi connectivity index (χ3v) is 5.17. The second kappa shape index (κ2) is 5.76. The summed E-state index contributed by atoms with van der Waals surface area (Å²) in [5.74, 6) is 0.550. The van der Waals surface area contributed by atoms with Crippen molar-refractivity contribution >= 4 is 18.1 Å². The third-order valence-electron chi connectivity index (χ3n) is 5.17. The number of aliphatic hydroxyl groups excluding tert-OH is 1. The highest BCUT2D eigenvalue weighted by atomic mass is 16.3. The molecule has 1 aliphatic heterocycles. The van der Waals surface area contributed by atoms with Gasteiger partial charge in [0.15, 0.2) is 0 Å². The van der Waals surface area contributed by atoms with E-state index in [1.54, 1.807) is 0 Å². The van der Waals surface area contributed by atoms with E-state index in [0.29, 0.717) is 13.0 Å². The van der Waals surface area contributed by atoms with Crippen LogP contribution in [0.3, 0.4) is 0 Å². The predicted molar refractivity (Wildman–Crippen MR) is 87.3 cm³/mol. The molecule has 0 saturated carbocycles. The monoisotopic (exact) mass is 300 g/mol. The molecule has 4 nitrogen and oxygen atoms in total. The minimum atomic E-state index is 0.123. The largest absolute Gasteiger partial charge is 0.396 e. The van der Waals surface area contributed by atoms with Crippen LogP contribution in [-0.4, -0.2) is 40.1 Å². The number of hydrogen-bond acceptors (Lipinski definition) is 2. The first-order chi connectivity index (χ1) is 10.6. The fourth-order valence-corrected chi connectivity index (χ4v) is 4.13. The van der Waals surface area contributed by atoms with Crippen LogP contribution in [0.25, 0.3) is 12.2 Å². The zero-order valence-corrected chi connectivity index (χ0v) is 13.1. The van der Waals surface area contributed by atoms with Crippen LogP contribution in [0.4, 0.5) is 0 Å². The molecule has 1 saturated heterocycles. The lowest BCUT2D eigenvalue weighted by Gasteiger charge is -2.46. The van der Waals surface area contributed by atoms with Crippen LogP contribution >= 0.6 is 0 Å². The minimum Gasteiger partial charge on any atom is -0.396 e. The molecule has 22 heavy (non-hydrogen) atoms. The topological polar surface area (TPSA) is 56.3 Å². The summed E-state index contributed by atoms with van der Waals surface area (Å²) in [6.45, 7) is 10.8. The standard InChI is InChI=1S/C18H24N2O2/c1-4-14-15-6-12(10-21)9-20(17(22)5-2)16(15)7-13-8-19-11(3)18(13)14/h4,8,12,15-16,19,21H,1,3,5-7,9-10H2,2H3. The number of nitrogens with zero attached hydrogens (tertiary/aromatic N) is 1. The number of likely N-dealkylation sites (tertiary alicyclic amines) is 1. The Balaban J connectivity index is 2.11. The highest BCUT2D eigenvalue weighted by Gasteiger charge is 2.41. The summed E-state index contributed by atoms with van der Waals surface area (Å²) in [4.78, 5) is 17.6. The molecule has 3 unspecified atom stereocenters. The smallest absolute Gasteiger partial charge is 0.222 e. The number of carbonyl (C=O) groups is 1. The van der Waals surface area contributed by atoms with Crippen LogP contribution in [0.5, 0.6) is 0 Å². The Morgan fingerprint density at radius 3 is 3.00 bits per heavy atom. The van der Waals surface area contributed by atoms with Crippen molar-refractivity contribution in [1.29, 1.82) is 0 Å². The number of aromatic nitrogens is 1. The molecule has 1 aliphatic carbocycles. The van der Waals surface area contributed by atoms with Crippen molar-refractivity contribution in [2.75, 3.05) is 13.2 Å². The van der Waals surface area contributed by atoms with Gasteiger partial charge in [-0.1, -0.05) is 26.2 Å². The molecule has 0 aromatic carbocycles. The zero-order valence-electron chi connectivity index (χ0n) is 13.1. The summed E-state index contributed by atoms with van der Waals surface area (Å²) >= 11 is 0. The Morgan fingerprint density at radius 1 is 1.59 bits per heavy atom. The highest BCUT2D eigenvalue weighted by molar-refractivity contribution is 5.77. The second-order valence-corrected chi connectivity index (χ2v) is 6.39. The molecule has 0 radical (unpaired) electrons. The summed E-state index contributed by atoms with van der Waals surface area (Å²) in [7, 11) is 0. The lowest BCUT2D eigenvalue weighted by atomic mass is 9.73. The van der Waals surface area contributed by atoms with Crippen LogP contribution in [-0.2, 0) is 11.2 Å². The molecular formula is C18H24N2O2. The first kappa shape index (κ1) is 15.1. The quantitative estimate of drug-likeness (QED) is 0.857. The molecule has 118 valence electrons. The molecule has 3 atom stereocenters. The Labute approximate surface area is 130 Å².